The van der Waals surface area contributed by atoms with Gasteiger partial charge in [0.1, 0.15) is 0 Å². The molecule has 0 saturated heterocycles. The fourth-order valence-electron chi connectivity index (χ4n) is 2.49. The second-order valence-corrected chi connectivity index (χ2v) is 6.58. The number of anilines is 1. The minimum Gasteiger partial charge on any atom is -0.407 e. The minimum absolute atomic E-state index is 0.0548. The summed E-state index contributed by atoms with van der Waals surface area (Å²) in [4.78, 5) is 0. The molecule has 1 fully saturated rings. The molecule has 0 bridgehead atoms. The summed E-state index contributed by atoms with van der Waals surface area (Å²) in [7, 11) is 0. The normalized spacial score (nSPS) is 18.7. The summed E-state index contributed by atoms with van der Waals surface area (Å²) >= 11 is 0. The van der Waals surface area contributed by atoms with Gasteiger partial charge in [-0.1, -0.05) is 17.9 Å². The zero-order chi connectivity index (χ0) is 13.9. The predicted molar refractivity (Wildman–Crippen MR) is 75.9 cm³/mol. The monoisotopic (exact) mass is 266 g/mol. The second kappa shape index (κ2) is 5.90. The van der Waals surface area contributed by atoms with Crippen LogP contribution < -0.4 is 10.6 Å². The molecular weight excluding hydrogens is 240 g/mol. The molecule has 0 aromatic carbocycles. The van der Waals surface area contributed by atoms with Crippen molar-refractivity contribution in [1.82, 2.24) is 15.5 Å². The van der Waals surface area contributed by atoms with E-state index in [4.69, 9.17) is 4.42 Å². The van der Waals surface area contributed by atoms with Gasteiger partial charge in [-0.2, -0.15) is 0 Å². The van der Waals surface area contributed by atoms with E-state index in [-0.39, 0.29) is 5.54 Å². The molecule has 0 spiro atoms. The lowest BCUT2D eigenvalue weighted by Gasteiger charge is -2.19. The van der Waals surface area contributed by atoms with Crippen LogP contribution in [0.3, 0.4) is 0 Å². The summed E-state index contributed by atoms with van der Waals surface area (Å²) in [5.74, 6) is 1.37. The Morgan fingerprint density at radius 1 is 1.26 bits per heavy atom. The quantitative estimate of drug-likeness (QED) is 0.858. The Kier molecular flexibility index (Phi) is 4.45. The molecule has 1 aliphatic carbocycles. The van der Waals surface area contributed by atoms with Gasteiger partial charge < -0.3 is 15.1 Å². The van der Waals surface area contributed by atoms with Crippen molar-refractivity contribution < 1.29 is 4.42 Å². The van der Waals surface area contributed by atoms with E-state index < -0.39 is 0 Å². The van der Waals surface area contributed by atoms with Crippen LogP contribution in [0.5, 0.6) is 0 Å². The van der Waals surface area contributed by atoms with Gasteiger partial charge in [-0.15, -0.1) is 5.10 Å². The van der Waals surface area contributed by atoms with Gasteiger partial charge in [0.15, 0.2) is 0 Å². The van der Waals surface area contributed by atoms with Crippen molar-refractivity contribution in [3.05, 3.63) is 5.89 Å². The van der Waals surface area contributed by atoms with Crippen LogP contribution in [0.4, 0.5) is 6.01 Å². The summed E-state index contributed by atoms with van der Waals surface area (Å²) in [6.07, 6.45) is 5.31. The van der Waals surface area contributed by atoms with Gasteiger partial charge in [0, 0.05) is 11.6 Å². The summed E-state index contributed by atoms with van der Waals surface area (Å²) in [6.45, 7) is 9.16. The Morgan fingerprint density at radius 2 is 1.95 bits per heavy atom. The second-order valence-electron chi connectivity index (χ2n) is 6.58. The van der Waals surface area contributed by atoms with Gasteiger partial charge in [-0.05, 0) is 46.5 Å². The lowest BCUT2D eigenvalue weighted by atomic mass is 10.0. The van der Waals surface area contributed by atoms with E-state index in [9.17, 15) is 0 Å². The Labute approximate surface area is 115 Å². The van der Waals surface area contributed by atoms with Gasteiger partial charge in [-0.3, -0.25) is 0 Å². The van der Waals surface area contributed by atoms with Crippen LogP contribution >= 0.6 is 0 Å². The van der Waals surface area contributed by atoms with Crippen molar-refractivity contribution in [1.29, 1.82) is 0 Å². The third-order valence-corrected chi connectivity index (χ3v) is 3.69. The highest BCUT2D eigenvalue weighted by Crippen LogP contribution is 2.28. The minimum atomic E-state index is 0.0548. The lowest BCUT2D eigenvalue weighted by molar-refractivity contribution is 0.381. The zero-order valence-electron chi connectivity index (χ0n) is 12.5. The van der Waals surface area contributed by atoms with Gasteiger partial charge in [0.2, 0.25) is 5.89 Å². The molecule has 0 amide bonds. The average molecular weight is 266 g/mol. The molecule has 1 atom stereocenters. The van der Waals surface area contributed by atoms with E-state index in [2.05, 4.69) is 48.5 Å². The first-order chi connectivity index (χ1) is 8.94. The summed E-state index contributed by atoms with van der Waals surface area (Å²) in [6, 6.07) is 0.955. The molecule has 1 unspecified atom stereocenters. The smallest absolute Gasteiger partial charge is 0.315 e. The van der Waals surface area contributed by atoms with E-state index in [1.165, 1.54) is 25.7 Å². The summed E-state index contributed by atoms with van der Waals surface area (Å²) in [5, 5.41) is 14.8. The van der Waals surface area contributed by atoms with E-state index in [1.807, 2.05) is 0 Å². The van der Waals surface area contributed by atoms with Crippen LogP contribution in [0.25, 0.3) is 0 Å². The largest absolute Gasteiger partial charge is 0.407 e. The van der Waals surface area contributed by atoms with Gasteiger partial charge in [0.25, 0.3) is 0 Å². The van der Waals surface area contributed by atoms with Gasteiger partial charge >= 0.3 is 6.01 Å². The molecule has 5 nitrogen and oxygen atoms in total. The first-order valence-corrected chi connectivity index (χ1v) is 7.28. The highest BCUT2D eigenvalue weighted by atomic mass is 16.4. The number of hydrogen-bond donors (Lipinski definition) is 2. The molecule has 1 aromatic rings. The van der Waals surface area contributed by atoms with Gasteiger partial charge in [-0.25, -0.2) is 0 Å². The third-order valence-electron chi connectivity index (χ3n) is 3.69. The molecule has 1 aliphatic rings. The van der Waals surface area contributed by atoms with Gasteiger partial charge in [0.05, 0.1) is 6.54 Å². The molecule has 2 N–H and O–H groups in total. The first kappa shape index (κ1) is 14.3. The Balaban J connectivity index is 1.83. The standard InChI is InChI=1S/C14H26N4O/c1-10(11-7-5-6-8-11)16-13-18-17-12(19-13)9-15-14(2,3)4/h10-11,15H,5-9H2,1-4H3,(H,16,18). The van der Waals surface area contributed by atoms with E-state index in [1.54, 1.807) is 0 Å². The fraction of sp³-hybridized carbons (Fsp3) is 0.857. The molecule has 108 valence electrons. The number of hydrogen-bond acceptors (Lipinski definition) is 5. The molecule has 1 aromatic heterocycles. The highest BCUT2D eigenvalue weighted by molar-refractivity contribution is 5.19. The van der Waals surface area contributed by atoms with Crippen molar-refractivity contribution >= 4 is 6.01 Å². The molecule has 0 aliphatic heterocycles. The molecule has 0 radical (unpaired) electrons. The van der Waals surface area contributed by atoms with E-state index in [0.717, 1.165) is 5.92 Å². The Bertz CT molecular complexity index is 390. The molecule has 1 saturated carbocycles. The topological polar surface area (TPSA) is 63.0 Å². The van der Waals surface area contributed by atoms with Crippen molar-refractivity contribution in [2.24, 2.45) is 5.92 Å². The van der Waals surface area contributed by atoms with Crippen LogP contribution in [0.1, 0.15) is 59.3 Å². The third kappa shape index (κ3) is 4.49. The molecular formula is C14H26N4O. The van der Waals surface area contributed by atoms with Crippen LogP contribution in [0.2, 0.25) is 0 Å². The summed E-state index contributed by atoms with van der Waals surface area (Å²) < 4.78 is 5.61. The Hall–Kier alpha value is -1.10. The molecule has 19 heavy (non-hydrogen) atoms. The van der Waals surface area contributed by atoms with Crippen molar-refractivity contribution in [2.75, 3.05) is 5.32 Å². The van der Waals surface area contributed by atoms with Crippen LogP contribution in [0.15, 0.2) is 4.42 Å². The highest BCUT2D eigenvalue weighted by Gasteiger charge is 2.22. The lowest BCUT2D eigenvalue weighted by Crippen LogP contribution is -2.35. The molecule has 5 heteroatoms. The SMILES string of the molecule is CC(Nc1nnc(CNC(C)(C)C)o1)C1CCCC1. The maximum absolute atomic E-state index is 5.61. The fourth-order valence-corrected chi connectivity index (χ4v) is 2.49. The van der Waals surface area contributed by atoms with Crippen molar-refractivity contribution in [3.63, 3.8) is 0 Å². The van der Waals surface area contributed by atoms with Crippen LogP contribution in [-0.2, 0) is 6.54 Å². The number of rotatable bonds is 5. The van der Waals surface area contributed by atoms with E-state index in [0.29, 0.717) is 24.5 Å². The van der Waals surface area contributed by atoms with Crippen molar-refractivity contribution in [2.45, 2.75) is 71.5 Å². The summed E-state index contributed by atoms with van der Waals surface area (Å²) in [5.41, 5.74) is 0.0548. The number of aromatic nitrogens is 2. The number of nitrogens with one attached hydrogen (secondary N) is 2. The molecule has 2 rings (SSSR count). The predicted octanol–water partition coefficient (Wildman–Crippen LogP) is 2.95. The molecule has 1 heterocycles. The maximum Gasteiger partial charge on any atom is 0.315 e. The first-order valence-electron chi connectivity index (χ1n) is 7.28. The zero-order valence-corrected chi connectivity index (χ0v) is 12.5. The van der Waals surface area contributed by atoms with Crippen LogP contribution in [0, 0.1) is 5.92 Å². The van der Waals surface area contributed by atoms with Crippen molar-refractivity contribution in [3.8, 4) is 0 Å². The van der Waals surface area contributed by atoms with E-state index >= 15 is 0 Å². The van der Waals surface area contributed by atoms with Crippen LogP contribution in [-0.4, -0.2) is 21.8 Å². The maximum atomic E-state index is 5.61. The number of nitrogens with zero attached hydrogens (tertiary/aromatic N) is 2. The Morgan fingerprint density at radius 3 is 2.58 bits per heavy atom. The average Bonchev–Trinajstić information content (AvgIpc) is 2.96.